The van der Waals surface area contributed by atoms with Crippen molar-refractivity contribution in [2.24, 2.45) is 0 Å². The largest absolute Gasteiger partial charge is 0.495 e. The molecule has 0 spiro atoms. The van der Waals surface area contributed by atoms with Crippen molar-refractivity contribution < 1.29 is 9.47 Å². The number of aromatic nitrogens is 5. The molecule has 0 amide bonds. The number of benzene rings is 2. The van der Waals surface area contributed by atoms with E-state index in [0.717, 1.165) is 72.9 Å². The van der Waals surface area contributed by atoms with E-state index in [1.54, 1.807) is 7.11 Å². The van der Waals surface area contributed by atoms with Gasteiger partial charge in [-0.1, -0.05) is 31.4 Å². The van der Waals surface area contributed by atoms with Crippen molar-refractivity contribution in [2.75, 3.05) is 44.8 Å². The topological polar surface area (TPSA) is 101 Å². The van der Waals surface area contributed by atoms with Crippen LogP contribution in [-0.4, -0.2) is 70.0 Å². The molecular formula is C30H37N7O3. The number of H-pyrrole nitrogens is 1. The van der Waals surface area contributed by atoms with Crippen LogP contribution in [0.1, 0.15) is 62.5 Å². The molecule has 6 rings (SSSR count). The Labute approximate surface area is 233 Å². The second-order valence-electron chi connectivity index (χ2n) is 10.6. The van der Waals surface area contributed by atoms with Gasteiger partial charge >= 0.3 is 0 Å². The summed E-state index contributed by atoms with van der Waals surface area (Å²) in [6.45, 7) is 5.63. The zero-order valence-electron chi connectivity index (χ0n) is 23.3. The molecule has 1 N–H and O–H groups in total. The smallest absolute Gasteiger partial charge is 0.253 e. The van der Waals surface area contributed by atoms with Gasteiger partial charge in [0.05, 0.1) is 25.4 Å². The van der Waals surface area contributed by atoms with E-state index >= 15 is 0 Å². The maximum Gasteiger partial charge on any atom is 0.253 e. The summed E-state index contributed by atoms with van der Waals surface area (Å²) in [5, 5.41) is 14.1. The number of nitrogens with one attached hydrogen (secondary N) is 1. The Hall–Kier alpha value is -3.92. The highest BCUT2D eigenvalue weighted by Gasteiger charge is 2.34. The number of tetrazole rings is 1. The fourth-order valence-electron chi connectivity index (χ4n) is 6.24. The average molecular weight is 544 g/mol. The number of rotatable bonds is 8. The van der Waals surface area contributed by atoms with Crippen LogP contribution in [0.4, 0.5) is 5.69 Å². The summed E-state index contributed by atoms with van der Waals surface area (Å²) in [5.74, 6) is 2.38. The molecule has 1 aliphatic carbocycles. The Balaban J connectivity index is 1.39. The van der Waals surface area contributed by atoms with Crippen molar-refractivity contribution in [3.05, 3.63) is 70.3 Å². The van der Waals surface area contributed by atoms with Crippen LogP contribution in [0.3, 0.4) is 0 Å². The first-order valence-electron chi connectivity index (χ1n) is 14.4. The summed E-state index contributed by atoms with van der Waals surface area (Å²) in [6.07, 6.45) is 5.69. The first-order valence-corrected chi connectivity index (χ1v) is 14.4. The van der Waals surface area contributed by atoms with E-state index in [2.05, 4.69) is 36.4 Å². The fraction of sp³-hybridized carbons (Fsp3) is 0.467. The molecule has 10 heteroatoms. The zero-order valence-corrected chi connectivity index (χ0v) is 23.3. The summed E-state index contributed by atoms with van der Waals surface area (Å²) in [5.41, 5.74) is 2.40. The minimum absolute atomic E-state index is 0.119. The van der Waals surface area contributed by atoms with Crippen molar-refractivity contribution in [3.63, 3.8) is 0 Å². The summed E-state index contributed by atoms with van der Waals surface area (Å²) in [6, 6.07) is 15.8. The Morgan fingerprint density at radius 3 is 2.60 bits per heavy atom. The average Bonchev–Trinajstić information content (AvgIpc) is 3.48. The first kappa shape index (κ1) is 26.3. The van der Waals surface area contributed by atoms with E-state index in [-0.39, 0.29) is 17.6 Å². The molecule has 210 valence electrons. The SMILES string of the molecule is CCOc1ccc2[nH]c(=O)c(C(c3nnnn3C3CCCCC3)N3CCN(c4ccccc4OC)CC3)cc2c1. The molecule has 2 aromatic heterocycles. The number of pyridine rings is 1. The lowest BCUT2D eigenvalue weighted by Gasteiger charge is -2.40. The Morgan fingerprint density at radius 1 is 1.02 bits per heavy atom. The lowest BCUT2D eigenvalue weighted by atomic mass is 9.95. The lowest BCUT2D eigenvalue weighted by molar-refractivity contribution is 0.192. The van der Waals surface area contributed by atoms with Crippen LogP contribution in [0.5, 0.6) is 11.5 Å². The number of nitrogens with zero attached hydrogens (tertiary/aromatic N) is 6. The van der Waals surface area contributed by atoms with Crippen molar-refractivity contribution in [3.8, 4) is 11.5 Å². The second-order valence-corrected chi connectivity index (χ2v) is 10.6. The number of para-hydroxylation sites is 2. The van der Waals surface area contributed by atoms with E-state index in [1.807, 2.05) is 54.1 Å². The molecule has 1 unspecified atom stereocenters. The minimum atomic E-state index is -0.374. The maximum atomic E-state index is 13.7. The number of aromatic amines is 1. The summed E-state index contributed by atoms with van der Waals surface area (Å²) in [4.78, 5) is 21.5. The zero-order chi connectivity index (χ0) is 27.5. The quantitative estimate of drug-likeness (QED) is 0.350. The first-order chi connectivity index (χ1) is 19.7. The molecule has 1 saturated carbocycles. The van der Waals surface area contributed by atoms with Gasteiger partial charge in [-0.05, 0) is 66.6 Å². The van der Waals surface area contributed by atoms with Gasteiger partial charge in [0.2, 0.25) is 0 Å². The molecule has 1 saturated heterocycles. The van der Waals surface area contributed by atoms with Gasteiger partial charge in [-0.15, -0.1) is 5.10 Å². The van der Waals surface area contributed by atoms with E-state index < -0.39 is 0 Å². The molecular weight excluding hydrogens is 506 g/mol. The van der Waals surface area contributed by atoms with Crippen LogP contribution < -0.4 is 19.9 Å². The van der Waals surface area contributed by atoms with Crippen molar-refractivity contribution in [1.82, 2.24) is 30.1 Å². The van der Waals surface area contributed by atoms with Crippen LogP contribution in [-0.2, 0) is 0 Å². The van der Waals surface area contributed by atoms with Crippen LogP contribution in [0.15, 0.2) is 53.3 Å². The van der Waals surface area contributed by atoms with Crippen molar-refractivity contribution >= 4 is 16.6 Å². The molecule has 40 heavy (non-hydrogen) atoms. The third kappa shape index (κ3) is 5.15. The van der Waals surface area contributed by atoms with E-state index in [9.17, 15) is 4.79 Å². The lowest BCUT2D eigenvalue weighted by Crippen LogP contribution is -2.49. The van der Waals surface area contributed by atoms with Gasteiger partial charge in [0.1, 0.15) is 17.5 Å². The van der Waals surface area contributed by atoms with Crippen molar-refractivity contribution in [2.45, 2.75) is 51.1 Å². The van der Waals surface area contributed by atoms with E-state index in [1.165, 1.54) is 19.3 Å². The molecule has 1 atom stereocenters. The summed E-state index contributed by atoms with van der Waals surface area (Å²) >= 11 is 0. The third-order valence-electron chi connectivity index (χ3n) is 8.24. The number of hydrogen-bond acceptors (Lipinski definition) is 8. The molecule has 2 fully saturated rings. The predicted molar refractivity (Wildman–Crippen MR) is 154 cm³/mol. The maximum absolute atomic E-state index is 13.7. The normalized spacial score (nSPS) is 17.7. The molecule has 3 heterocycles. The number of piperazine rings is 1. The van der Waals surface area contributed by atoms with E-state index in [0.29, 0.717) is 12.2 Å². The monoisotopic (exact) mass is 543 g/mol. The molecule has 1 aliphatic heterocycles. The fourth-order valence-corrected chi connectivity index (χ4v) is 6.24. The third-order valence-corrected chi connectivity index (χ3v) is 8.24. The summed E-state index contributed by atoms with van der Waals surface area (Å²) < 4.78 is 13.4. The number of fused-ring (bicyclic) bond motifs is 1. The number of anilines is 1. The Bertz CT molecular complexity index is 1500. The number of ether oxygens (including phenoxy) is 2. The molecule has 0 bridgehead atoms. The molecule has 2 aliphatic rings. The van der Waals surface area contributed by atoms with Crippen LogP contribution in [0.2, 0.25) is 0 Å². The van der Waals surface area contributed by atoms with Gasteiger partial charge in [-0.3, -0.25) is 9.69 Å². The van der Waals surface area contributed by atoms with Gasteiger partial charge in [-0.25, -0.2) is 4.68 Å². The molecule has 10 nitrogen and oxygen atoms in total. The number of methoxy groups -OCH3 is 1. The Morgan fingerprint density at radius 2 is 1.82 bits per heavy atom. The van der Waals surface area contributed by atoms with Crippen LogP contribution in [0, 0.1) is 0 Å². The van der Waals surface area contributed by atoms with Gasteiger partial charge in [0, 0.05) is 42.6 Å². The number of hydrogen-bond donors (Lipinski definition) is 1. The van der Waals surface area contributed by atoms with Gasteiger partial charge in [0.15, 0.2) is 5.82 Å². The molecule has 2 aromatic carbocycles. The minimum Gasteiger partial charge on any atom is -0.495 e. The highest BCUT2D eigenvalue weighted by atomic mass is 16.5. The standard InChI is InChI=1S/C30H37N7O3/c1-3-40-23-13-14-25-21(19-23)20-24(30(38)31-25)28(29-32-33-34-37(29)22-9-5-4-6-10-22)36-17-15-35(16-18-36)26-11-7-8-12-27(26)39-2/h7-8,11-14,19-20,22,28H,3-6,9-10,15-18H2,1-2H3,(H,31,38). The van der Waals surface area contributed by atoms with Gasteiger partial charge in [0.25, 0.3) is 5.56 Å². The molecule has 4 aromatic rings. The predicted octanol–water partition coefficient (Wildman–Crippen LogP) is 4.34. The van der Waals surface area contributed by atoms with Crippen LogP contribution >= 0.6 is 0 Å². The second kappa shape index (κ2) is 11.7. The van der Waals surface area contributed by atoms with Crippen molar-refractivity contribution in [1.29, 1.82) is 0 Å². The highest BCUT2D eigenvalue weighted by Crippen LogP contribution is 2.35. The van der Waals surface area contributed by atoms with E-state index in [4.69, 9.17) is 9.47 Å². The van der Waals surface area contributed by atoms with Crippen LogP contribution in [0.25, 0.3) is 10.9 Å². The Kier molecular flexibility index (Phi) is 7.68. The molecule has 0 radical (unpaired) electrons. The van der Waals surface area contributed by atoms with Gasteiger partial charge < -0.3 is 19.4 Å². The van der Waals surface area contributed by atoms with Gasteiger partial charge in [-0.2, -0.15) is 0 Å². The highest BCUT2D eigenvalue weighted by molar-refractivity contribution is 5.80. The summed E-state index contributed by atoms with van der Waals surface area (Å²) in [7, 11) is 1.71.